The monoisotopic (exact) mass is 546 g/mol. The third-order valence-electron chi connectivity index (χ3n) is 5.20. The predicted octanol–water partition coefficient (Wildman–Crippen LogP) is 1.99. The normalized spacial score (nSPS) is 11.1. The molecule has 0 aliphatic heterocycles. The van der Waals surface area contributed by atoms with Crippen LogP contribution in [0.25, 0.3) is 16.9 Å². The van der Waals surface area contributed by atoms with Crippen LogP contribution >= 0.6 is 0 Å². The summed E-state index contributed by atoms with van der Waals surface area (Å²) in [6.45, 7) is 2.56. The summed E-state index contributed by atoms with van der Waals surface area (Å²) in [5.41, 5.74) is 5.02. The summed E-state index contributed by atoms with van der Waals surface area (Å²) in [6.07, 6.45) is 1.12. The van der Waals surface area contributed by atoms with Crippen molar-refractivity contribution < 1.29 is 37.3 Å². The Bertz CT molecular complexity index is 1400. The van der Waals surface area contributed by atoms with E-state index in [2.05, 4.69) is 14.7 Å². The van der Waals surface area contributed by atoms with Gasteiger partial charge in [-0.1, -0.05) is 29.8 Å². The zero-order chi connectivity index (χ0) is 27.9. The molecule has 0 amide bonds. The van der Waals surface area contributed by atoms with E-state index in [1.54, 1.807) is 18.2 Å². The lowest BCUT2D eigenvalue weighted by atomic mass is 10.1. The molecule has 0 aliphatic rings. The number of aryl methyl sites for hydroxylation is 1. The fraction of sp³-hybridized carbons (Fsp3) is 0.292. The van der Waals surface area contributed by atoms with Gasteiger partial charge < -0.3 is 9.47 Å². The van der Waals surface area contributed by atoms with Crippen molar-refractivity contribution in [2.24, 2.45) is 0 Å². The van der Waals surface area contributed by atoms with Crippen molar-refractivity contribution in [2.75, 3.05) is 33.2 Å². The van der Waals surface area contributed by atoms with E-state index in [-0.39, 0.29) is 28.7 Å². The molecule has 0 unspecified atom stereocenters. The van der Waals surface area contributed by atoms with Crippen LogP contribution in [0.15, 0.2) is 59.5 Å². The lowest BCUT2D eigenvalue weighted by Gasteiger charge is -2.09. The van der Waals surface area contributed by atoms with Gasteiger partial charge in [-0.25, -0.2) is 17.9 Å². The predicted molar refractivity (Wildman–Crippen MR) is 134 cm³/mol. The van der Waals surface area contributed by atoms with Gasteiger partial charge >= 0.3 is 11.9 Å². The van der Waals surface area contributed by atoms with Crippen LogP contribution < -0.4 is 5.59 Å². The van der Waals surface area contributed by atoms with Crippen LogP contribution in [0.1, 0.15) is 23.0 Å². The maximum absolute atomic E-state index is 12.8. The number of rotatable bonds is 12. The van der Waals surface area contributed by atoms with Gasteiger partial charge in [-0.05, 0) is 37.3 Å². The Hall–Kier alpha value is -4.30. The number of esters is 2. The quantitative estimate of drug-likeness (QED) is 0.117. The zero-order valence-electron chi connectivity index (χ0n) is 21.3. The summed E-state index contributed by atoms with van der Waals surface area (Å²) in [7, 11) is -1.95. The van der Waals surface area contributed by atoms with Crippen LogP contribution in [0.4, 0.5) is 0 Å². The number of aromatic nitrogens is 2. The number of carbonyl (C=O) groups is 2. The van der Waals surface area contributed by atoms with Crippen molar-refractivity contribution in [1.29, 1.82) is 0 Å². The molecule has 0 saturated carbocycles. The summed E-state index contributed by atoms with van der Waals surface area (Å²) < 4.78 is 35.0. The molecule has 0 saturated heterocycles. The number of hydrogen-bond acceptors (Lipinski definition) is 9. The molecule has 0 fully saturated rings. The van der Waals surface area contributed by atoms with E-state index in [0.717, 1.165) is 22.4 Å². The molecule has 3 aromatic rings. The topological polar surface area (TPSA) is 149 Å². The summed E-state index contributed by atoms with van der Waals surface area (Å²) in [6, 6.07) is 15.3. The first-order valence-corrected chi connectivity index (χ1v) is 13.2. The lowest BCUT2D eigenvalue weighted by molar-refractivity contribution is -0.785. The second-order valence-corrected chi connectivity index (χ2v) is 10.3. The minimum atomic E-state index is -3.38. The molecule has 0 radical (unpaired) electrons. The molecule has 1 N–H and O–H groups in total. The molecular formula is C24H28N5O8S+. The molecule has 3 rings (SSSR count). The van der Waals surface area contributed by atoms with Gasteiger partial charge in [-0.15, -0.1) is 5.01 Å². The first kappa shape index (κ1) is 28.3. The van der Waals surface area contributed by atoms with Crippen LogP contribution in [0, 0.1) is 11.8 Å². The molecule has 0 atom stereocenters. The second-order valence-electron chi connectivity index (χ2n) is 8.24. The molecule has 13 nitrogen and oxygen atoms in total. The van der Waals surface area contributed by atoms with Crippen LogP contribution in [0.2, 0.25) is 0 Å². The van der Waals surface area contributed by atoms with Crippen molar-refractivity contribution in [3.63, 3.8) is 0 Å². The number of nitrogens with one attached hydrogen (secondary N) is 1. The van der Waals surface area contributed by atoms with Crippen LogP contribution in [0.5, 0.6) is 0 Å². The number of ether oxygens (including phenoxy) is 2. The molecule has 0 spiro atoms. The van der Waals surface area contributed by atoms with Crippen molar-refractivity contribution in [3.8, 4) is 16.9 Å². The van der Waals surface area contributed by atoms with Crippen molar-refractivity contribution in [2.45, 2.75) is 18.7 Å². The Morgan fingerprint density at radius 3 is 2.34 bits per heavy atom. The summed E-state index contributed by atoms with van der Waals surface area (Å²) in [5, 5.41) is 5.53. The van der Waals surface area contributed by atoms with Gasteiger partial charge in [-0.3, -0.25) is 4.79 Å². The molecule has 1 aromatic heterocycles. The molecule has 38 heavy (non-hydrogen) atoms. The van der Waals surface area contributed by atoms with Gasteiger partial charge in [0.25, 0.3) is 4.98 Å². The van der Waals surface area contributed by atoms with E-state index in [0.29, 0.717) is 11.4 Å². The molecule has 1 heterocycles. The van der Waals surface area contributed by atoms with E-state index in [9.17, 15) is 22.9 Å². The second kappa shape index (κ2) is 12.3. The highest BCUT2D eigenvalue weighted by Crippen LogP contribution is 2.25. The van der Waals surface area contributed by atoms with E-state index < -0.39 is 28.6 Å². The van der Waals surface area contributed by atoms with E-state index in [1.807, 2.05) is 36.8 Å². The average molecular weight is 547 g/mol. The largest absolute Gasteiger partial charge is 0.459 e. The van der Waals surface area contributed by atoms with Gasteiger partial charge in [0, 0.05) is 24.3 Å². The lowest BCUT2D eigenvalue weighted by Crippen LogP contribution is -2.41. The minimum absolute atomic E-state index is 0.0116. The maximum atomic E-state index is 12.8. The number of likely N-dealkylation sites (N-methyl/N-ethyl adjacent to an activating group) is 1. The highest BCUT2D eigenvalue weighted by atomic mass is 32.2. The highest BCUT2D eigenvalue weighted by molar-refractivity contribution is 7.90. The molecule has 202 valence electrons. The van der Waals surface area contributed by atoms with Gasteiger partial charge in [0.05, 0.1) is 28.2 Å². The third kappa shape index (κ3) is 7.60. The molecule has 14 heteroatoms. The van der Waals surface area contributed by atoms with Crippen LogP contribution in [-0.4, -0.2) is 73.4 Å². The SMILES string of the molecule is CC(=O)OCON[N+](=O)N(C)CCOC(=O)c1cc(-c2ccc(C)cc2)n(-c2ccc(S(C)(=O)=O)cc2)n1. The van der Waals surface area contributed by atoms with E-state index in [1.165, 1.54) is 30.8 Å². The summed E-state index contributed by atoms with van der Waals surface area (Å²) >= 11 is 0. The minimum Gasteiger partial charge on any atom is -0.459 e. The summed E-state index contributed by atoms with van der Waals surface area (Å²) in [4.78, 5) is 40.4. The van der Waals surface area contributed by atoms with E-state index >= 15 is 0 Å². The average Bonchev–Trinajstić information content (AvgIpc) is 3.32. The number of hydrogen-bond donors (Lipinski definition) is 1. The maximum Gasteiger partial charge on any atom is 0.358 e. The molecular weight excluding hydrogens is 518 g/mol. The van der Waals surface area contributed by atoms with Crippen LogP contribution in [0.3, 0.4) is 0 Å². The Balaban J connectivity index is 1.72. The number of hydrazine groups is 2. The van der Waals surface area contributed by atoms with Crippen LogP contribution in [-0.2, 0) is 28.9 Å². The highest BCUT2D eigenvalue weighted by Gasteiger charge is 2.21. The number of benzene rings is 2. The first-order chi connectivity index (χ1) is 18.0. The van der Waals surface area contributed by atoms with Gasteiger partial charge in [0.15, 0.2) is 15.5 Å². The van der Waals surface area contributed by atoms with Crippen molar-refractivity contribution in [1.82, 2.24) is 20.4 Å². The summed E-state index contributed by atoms with van der Waals surface area (Å²) in [5.74, 6) is -1.28. The van der Waals surface area contributed by atoms with Gasteiger partial charge in [0.1, 0.15) is 13.2 Å². The number of sulfone groups is 1. The van der Waals surface area contributed by atoms with Gasteiger partial charge in [0.2, 0.25) is 6.79 Å². The van der Waals surface area contributed by atoms with Crippen molar-refractivity contribution in [3.05, 3.63) is 70.8 Å². The number of nitroso groups, excluding NO2 is 1. The number of nitrogens with zero attached hydrogens (tertiary/aromatic N) is 4. The fourth-order valence-corrected chi connectivity index (χ4v) is 3.77. The number of carbonyl (C=O) groups excluding carboxylic acids is 2. The zero-order valence-corrected chi connectivity index (χ0v) is 22.1. The fourth-order valence-electron chi connectivity index (χ4n) is 3.14. The molecule has 2 aromatic carbocycles. The van der Waals surface area contributed by atoms with E-state index in [4.69, 9.17) is 4.74 Å². The molecule has 0 aliphatic carbocycles. The first-order valence-electron chi connectivity index (χ1n) is 11.3. The smallest absolute Gasteiger partial charge is 0.358 e. The Kier molecular flexibility index (Phi) is 9.15. The molecule has 0 bridgehead atoms. The Morgan fingerprint density at radius 1 is 1.08 bits per heavy atom. The standard InChI is InChI=1S/C24H28N5O8S/c1-17-5-7-19(8-6-17)23-15-22(25-28(23)20-9-11-21(12-10-20)38(4,33)34)24(31)35-14-13-27(3)29(32)26-37-16-36-18(2)30/h5-12,15H,13-14,16H2,1-4H3,(H,26,32)/q+1. The Morgan fingerprint density at radius 2 is 1.74 bits per heavy atom. The Labute approximate surface area is 219 Å². The van der Waals surface area contributed by atoms with Crippen molar-refractivity contribution >= 4 is 21.8 Å². The third-order valence-corrected chi connectivity index (χ3v) is 6.33. The van der Waals surface area contributed by atoms with Gasteiger partial charge in [-0.2, -0.15) is 9.94 Å².